The van der Waals surface area contributed by atoms with Crippen molar-refractivity contribution in [3.63, 3.8) is 0 Å². The molecule has 1 aromatic carbocycles. The summed E-state index contributed by atoms with van der Waals surface area (Å²) in [5, 5.41) is 7.88. The molecule has 3 nitrogen and oxygen atoms in total. The summed E-state index contributed by atoms with van der Waals surface area (Å²) < 4.78 is 1.94. The average molecular weight is 257 g/mol. The summed E-state index contributed by atoms with van der Waals surface area (Å²) in [5.74, 6) is 1.20. The smallest absolute Gasteiger partial charge is 0.0645 e. The van der Waals surface area contributed by atoms with E-state index in [2.05, 4.69) is 49.5 Å². The Kier molecular flexibility index (Phi) is 4.38. The van der Waals surface area contributed by atoms with Crippen LogP contribution in [0.1, 0.15) is 32.4 Å². The second-order valence-corrected chi connectivity index (χ2v) is 5.42. The minimum atomic E-state index is 0.345. The van der Waals surface area contributed by atoms with Crippen LogP contribution in [-0.2, 0) is 0 Å². The van der Waals surface area contributed by atoms with Crippen molar-refractivity contribution in [2.75, 3.05) is 7.05 Å². The van der Waals surface area contributed by atoms with E-state index in [9.17, 15) is 0 Å². The fourth-order valence-electron chi connectivity index (χ4n) is 2.34. The first-order chi connectivity index (χ1) is 9.13. The molecule has 2 aromatic rings. The third kappa shape index (κ3) is 3.04. The Balaban J connectivity index is 2.25. The van der Waals surface area contributed by atoms with Crippen LogP contribution in [0.3, 0.4) is 0 Å². The highest BCUT2D eigenvalue weighted by molar-refractivity contribution is 5.31. The fraction of sp³-hybridized carbons (Fsp3) is 0.438. The van der Waals surface area contributed by atoms with Crippen molar-refractivity contribution < 1.29 is 0 Å². The summed E-state index contributed by atoms with van der Waals surface area (Å²) in [6.07, 6.45) is 4.09. The van der Waals surface area contributed by atoms with Gasteiger partial charge in [0.25, 0.3) is 0 Å². The molecule has 3 heteroatoms. The number of benzene rings is 1. The van der Waals surface area contributed by atoms with Crippen molar-refractivity contribution in [2.45, 2.75) is 26.8 Å². The lowest BCUT2D eigenvalue weighted by atomic mass is 9.87. The largest absolute Gasteiger partial charge is 0.313 e. The van der Waals surface area contributed by atoms with Gasteiger partial charge in [0, 0.05) is 17.8 Å². The van der Waals surface area contributed by atoms with Crippen LogP contribution in [0.15, 0.2) is 42.7 Å². The molecule has 0 fully saturated rings. The predicted molar refractivity (Wildman–Crippen MR) is 79.4 cm³/mol. The fourth-order valence-corrected chi connectivity index (χ4v) is 2.34. The Bertz CT molecular complexity index is 502. The Morgan fingerprint density at radius 1 is 1.11 bits per heavy atom. The van der Waals surface area contributed by atoms with Gasteiger partial charge in [-0.1, -0.05) is 39.0 Å². The molecule has 0 radical (unpaired) electrons. The maximum atomic E-state index is 4.47. The Morgan fingerprint density at radius 2 is 1.79 bits per heavy atom. The molecule has 0 bridgehead atoms. The number of nitrogens with zero attached hydrogens (tertiary/aromatic N) is 2. The van der Waals surface area contributed by atoms with E-state index in [1.54, 1.807) is 0 Å². The first-order valence-corrected chi connectivity index (χ1v) is 6.90. The van der Waals surface area contributed by atoms with E-state index in [1.807, 2.05) is 36.1 Å². The normalized spacial score (nSPS) is 14.6. The SMILES string of the molecule is CNC(c1cnn(-c2ccccc2)c1)C(C)C(C)C. The topological polar surface area (TPSA) is 29.9 Å². The van der Waals surface area contributed by atoms with Crippen molar-refractivity contribution in [3.8, 4) is 5.69 Å². The molecule has 0 saturated heterocycles. The van der Waals surface area contributed by atoms with Crippen LogP contribution >= 0.6 is 0 Å². The molecule has 2 rings (SSSR count). The lowest BCUT2D eigenvalue weighted by molar-refractivity contribution is 0.317. The lowest BCUT2D eigenvalue weighted by Gasteiger charge is -2.25. The van der Waals surface area contributed by atoms with E-state index in [0.29, 0.717) is 17.9 Å². The maximum absolute atomic E-state index is 4.47. The molecule has 102 valence electrons. The molecule has 1 aromatic heterocycles. The number of nitrogens with one attached hydrogen (secondary N) is 1. The molecule has 0 aliphatic carbocycles. The summed E-state index contributed by atoms with van der Waals surface area (Å²) in [7, 11) is 2.02. The maximum Gasteiger partial charge on any atom is 0.0645 e. The van der Waals surface area contributed by atoms with E-state index >= 15 is 0 Å². The van der Waals surface area contributed by atoms with Gasteiger partial charge in [-0.2, -0.15) is 5.10 Å². The van der Waals surface area contributed by atoms with E-state index in [4.69, 9.17) is 0 Å². The van der Waals surface area contributed by atoms with Crippen molar-refractivity contribution in [2.24, 2.45) is 11.8 Å². The molecule has 0 amide bonds. The second-order valence-electron chi connectivity index (χ2n) is 5.42. The van der Waals surface area contributed by atoms with Gasteiger partial charge in [-0.05, 0) is 31.0 Å². The predicted octanol–water partition coefficient (Wildman–Crippen LogP) is 3.42. The van der Waals surface area contributed by atoms with Crippen LogP contribution in [0, 0.1) is 11.8 Å². The number of hydrogen-bond acceptors (Lipinski definition) is 2. The zero-order valence-corrected chi connectivity index (χ0v) is 12.2. The van der Waals surface area contributed by atoms with E-state index in [0.717, 1.165) is 5.69 Å². The van der Waals surface area contributed by atoms with Gasteiger partial charge in [-0.3, -0.25) is 0 Å². The third-order valence-electron chi connectivity index (χ3n) is 3.87. The van der Waals surface area contributed by atoms with Gasteiger partial charge < -0.3 is 5.32 Å². The highest BCUT2D eigenvalue weighted by atomic mass is 15.3. The molecule has 1 heterocycles. The summed E-state index contributed by atoms with van der Waals surface area (Å²) >= 11 is 0. The van der Waals surface area contributed by atoms with E-state index in [-0.39, 0.29) is 0 Å². The molecule has 1 N–H and O–H groups in total. The lowest BCUT2D eigenvalue weighted by Crippen LogP contribution is -2.26. The highest BCUT2D eigenvalue weighted by Crippen LogP contribution is 2.27. The van der Waals surface area contributed by atoms with Gasteiger partial charge in [0.05, 0.1) is 11.9 Å². The first-order valence-electron chi connectivity index (χ1n) is 6.90. The molecule has 0 saturated carbocycles. The molecule has 2 atom stereocenters. The van der Waals surface area contributed by atoms with Gasteiger partial charge in [-0.25, -0.2) is 4.68 Å². The summed E-state index contributed by atoms with van der Waals surface area (Å²) in [6, 6.07) is 10.6. The first kappa shape index (κ1) is 13.8. The van der Waals surface area contributed by atoms with Gasteiger partial charge in [0.2, 0.25) is 0 Å². The average Bonchev–Trinajstić information content (AvgIpc) is 2.90. The highest BCUT2D eigenvalue weighted by Gasteiger charge is 2.21. The quantitative estimate of drug-likeness (QED) is 0.889. The van der Waals surface area contributed by atoms with Gasteiger partial charge in [-0.15, -0.1) is 0 Å². The Labute approximate surface area is 115 Å². The summed E-state index contributed by atoms with van der Waals surface area (Å²) in [6.45, 7) is 6.80. The van der Waals surface area contributed by atoms with Crippen LogP contribution in [0.5, 0.6) is 0 Å². The van der Waals surface area contributed by atoms with Crippen molar-refractivity contribution in [1.29, 1.82) is 0 Å². The monoisotopic (exact) mass is 257 g/mol. The van der Waals surface area contributed by atoms with Crippen LogP contribution in [0.25, 0.3) is 5.69 Å². The van der Waals surface area contributed by atoms with E-state index < -0.39 is 0 Å². The van der Waals surface area contributed by atoms with Crippen LogP contribution in [0.4, 0.5) is 0 Å². The number of hydrogen-bond donors (Lipinski definition) is 1. The van der Waals surface area contributed by atoms with Gasteiger partial charge >= 0.3 is 0 Å². The summed E-state index contributed by atoms with van der Waals surface area (Å²) in [4.78, 5) is 0. The molecule has 2 unspecified atom stereocenters. The third-order valence-corrected chi connectivity index (χ3v) is 3.87. The standard InChI is InChI=1S/C16H23N3/c1-12(2)13(3)16(17-4)14-10-18-19(11-14)15-8-6-5-7-9-15/h5-13,16-17H,1-4H3. The Hall–Kier alpha value is -1.61. The number of para-hydroxylation sites is 1. The zero-order valence-electron chi connectivity index (χ0n) is 12.2. The van der Waals surface area contributed by atoms with E-state index in [1.165, 1.54) is 5.56 Å². The van der Waals surface area contributed by atoms with Crippen LogP contribution in [-0.4, -0.2) is 16.8 Å². The van der Waals surface area contributed by atoms with Crippen molar-refractivity contribution in [1.82, 2.24) is 15.1 Å². The van der Waals surface area contributed by atoms with Crippen LogP contribution in [0.2, 0.25) is 0 Å². The van der Waals surface area contributed by atoms with Crippen molar-refractivity contribution >= 4 is 0 Å². The molecule has 19 heavy (non-hydrogen) atoms. The molecular weight excluding hydrogens is 234 g/mol. The minimum absolute atomic E-state index is 0.345. The van der Waals surface area contributed by atoms with Crippen LogP contribution < -0.4 is 5.32 Å². The minimum Gasteiger partial charge on any atom is -0.313 e. The second kappa shape index (κ2) is 6.02. The molecule has 0 aliphatic rings. The molecule has 0 spiro atoms. The molecular formula is C16H23N3. The Morgan fingerprint density at radius 3 is 2.37 bits per heavy atom. The molecule has 0 aliphatic heterocycles. The van der Waals surface area contributed by atoms with Gasteiger partial charge in [0.1, 0.15) is 0 Å². The number of aromatic nitrogens is 2. The summed E-state index contributed by atoms with van der Waals surface area (Å²) in [5.41, 5.74) is 2.34. The van der Waals surface area contributed by atoms with Crippen molar-refractivity contribution in [3.05, 3.63) is 48.3 Å². The zero-order chi connectivity index (χ0) is 13.8. The number of rotatable bonds is 5. The van der Waals surface area contributed by atoms with Gasteiger partial charge in [0.15, 0.2) is 0 Å².